The molecule has 0 bridgehead atoms. The fraction of sp³-hybridized carbons (Fsp3) is 0.867. The van der Waals surface area contributed by atoms with Crippen LogP contribution in [0.2, 0.25) is 0 Å². The van der Waals surface area contributed by atoms with E-state index in [9.17, 15) is 19.2 Å². The molecule has 0 aromatic rings. The highest BCUT2D eigenvalue weighted by Crippen LogP contribution is 2.28. The average molecular weight is 563 g/mol. The van der Waals surface area contributed by atoms with Crippen LogP contribution < -0.4 is 0 Å². The zero-order chi connectivity index (χ0) is 28.5. The van der Waals surface area contributed by atoms with Crippen LogP contribution in [0.1, 0.15) is 89.9 Å². The zero-order valence-corrected chi connectivity index (χ0v) is 24.7. The van der Waals surface area contributed by atoms with E-state index >= 15 is 0 Å². The Morgan fingerprint density at radius 3 is 1.23 bits per heavy atom. The van der Waals surface area contributed by atoms with Crippen LogP contribution in [0.5, 0.6) is 0 Å². The first-order valence-electron chi connectivity index (χ1n) is 15.7. The van der Waals surface area contributed by atoms with Crippen molar-refractivity contribution in [1.29, 1.82) is 0 Å². The lowest BCUT2D eigenvalue weighted by Crippen LogP contribution is -2.42. The molecule has 2 amide bonds. The van der Waals surface area contributed by atoms with Crippen molar-refractivity contribution in [3.63, 3.8) is 0 Å². The maximum atomic E-state index is 12.5. The number of amides is 2. The van der Waals surface area contributed by atoms with Gasteiger partial charge in [-0.1, -0.05) is 25.7 Å². The molecule has 4 aliphatic rings. The van der Waals surface area contributed by atoms with Crippen LogP contribution in [0.25, 0.3) is 0 Å². The first kappa shape index (κ1) is 30.8. The van der Waals surface area contributed by atoms with E-state index in [1.54, 1.807) is 10.1 Å². The van der Waals surface area contributed by atoms with Gasteiger partial charge >= 0.3 is 11.9 Å². The summed E-state index contributed by atoms with van der Waals surface area (Å²) in [7, 11) is 3.81. The van der Waals surface area contributed by atoms with Crippen molar-refractivity contribution in [1.82, 2.24) is 19.9 Å². The first-order chi connectivity index (χ1) is 19.3. The van der Waals surface area contributed by atoms with E-state index in [0.29, 0.717) is 38.0 Å². The van der Waals surface area contributed by atoms with Gasteiger partial charge in [0.1, 0.15) is 0 Å². The van der Waals surface area contributed by atoms with Gasteiger partial charge in [0.2, 0.25) is 11.8 Å². The molecule has 2 aliphatic carbocycles. The second-order valence-electron chi connectivity index (χ2n) is 12.6. The molecule has 0 aromatic heterocycles. The van der Waals surface area contributed by atoms with Crippen LogP contribution in [-0.4, -0.2) is 97.0 Å². The maximum Gasteiger partial charge on any atom is 0.438 e. The molecule has 0 radical (unpaired) electrons. The molecule has 2 aliphatic heterocycles. The van der Waals surface area contributed by atoms with E-state index in [0.717, 1.165) is 103 Å². The van der Waals surface area contributed by atoms with Gasteiger partial charge in [-0.3, -0.25) is 9.59 Å². The van der Waals surface area contributed by atoms with Crippen molar-refractivity contribution in [2.45, 2.75) is 89.9 Å². The highest BCUT2D eigenvalue weighted by Gasteiger charge is 2.31. The molecule has 0 atom stereocenters. The largest absolute Gasteiger partial charge is 0.438 e. The predicted molar refractivity (Wildman–Crippen MR) is 149 cm³/mol. The van der Waals surface area contributed by atoms with E-state index in [2.05, 4.69) is 0 Å². The fourth-order valence-corrected chi connectivity index (χ4v) is 6.83. The van der Waals surface area contributed by atoms with E-state index in [1.165, 1.54) is 0 Å². The number of piperidine rings is 2. The van der Waals surface area contributed by atoms with Crippen molar-refractivity contribution < 1.29 is 28.9 Å². The highest BCUT2D eigenvalue weighted by molar-refractivity contribution is 6.29. The molecule has 2 heterocycles. The number of hydrogen-bond acceptors (Lipinski definition) is 8. The van der Waals surface area contributed by atoms with Crippen molar-refractivity contribution in [2.24, 2.45) is 23.7 Å². The van der Waals surface area contributed by atoms with E-state index in [-0.39, 0.29) is 23.7 Å². The van der Waals surface area contributed by atoms with Crippen LogP contribution in [-0.2, 0) is 28.9 Å². The third-order valence-corrected chi connectivity index (χ3v) is 9.64. The van der Waals surface area contributed by atoms with Crippen LogP contribution in [0.15, 0.2) is 0 Å². The van der Waals surface area contributed by atoms with Crippen molar-refractivity contribution in [3.8, 4) is 0 Å². The third kappa shape index (κ3) is 8.90. The molecular formula is C30H50N4O6. The van der Waals surface area contributed by atoms with Gasteiger partial charge in [-0.05, 0) is 76.0 Å². The Bertz CT molecular complexity index is 786. The third-order valence-electron chi connectivity index (χ3n) is 9.64. The second kappa shape index (κ2) is 15.1. The lowest BCUT2D eigenvalue weighted by Gasteiger charge is -2.32. The minimum Gasteiger partial charge on any atom is -0.359 e. The summed E-state index contributed by atoms with van der Waals surface area (Å²) in [5.41, 5.74) is 0. The molecule has 0 N–H and O–H groups in total. The second-order valence-corrected chi connectivity index (χ2v) is 12.6. The van der Waals surface area contributed by atoms with Gasteiger partial charge in [0.15, 0.2) is 0 Å². The molecule has 10 heteroatoms. The minimum absolute atomic E-state index is 0.210. The fourth-order valence-electron chi connectivity index (χ4n) is 6.83. The number of nitrogens with zero attached hydrogens (tertiary/aromatic N) is 4. The quantitative estimate of drug-likeness (QED) is 0.374. The van der Waals surface area contributed by atoms with Gasteiger partial charge in [0.05, 0.1) is 0 Å². The van der Waals surface area contributed by atoms with Crippen molar-refractivity contribution in [3.05, 3.63) is 0 Å². The topological polar surface area (TPSA) is 99.7 Å². The van der Waals surface area contributed by atoms with Crippen LogP contribution >= 0.6 is 0 Å². The molecule has 40 heavy (non-hydrogen) atoms. The smallest absolute Gasteiger partial charge is 0.359 e. The minimum atomic E-state index is -0.977. The van der Waals surface area contributed by atoms with Gasteiger partial charge in [0.25, 0.3) is 0 Å². The van der Waals surface area contributed by atoms with E-state index < -0.39 is 11.9 Å². The van der Waals surface area contributed by atoms with Gasteiger partial charge in [-0.2, -0.15) is 0 Å². The lowest BCUT2D eigenvalue weighted by atomic mass is 9.94. The SMILES string of the molecule is CN(CCC1CCN(OC(=O)C(=O)ON2CCC(CCN(C)C(=O)C3CCCC3)CC2)CC1)C(=O)C1CCCC1. The standard InChI is InChI=1S/C30H50N4O6/c1-31(27(35)25-7-3-4-8-25)17-11-23-13-19-33(20-14-23)39-29(37)30(38)40-34-21-15-24(16-22-34)12-18-32(2)28(36)26-9-5-6-10-26/h23-26H,3-22H2,1-2H3. The maximum absolute atomic E-state index is 12.5. The number of hydroxylamine groups is 4. The molecule has 0 aromatic carbocycles. The lowest BCUT2D eigenvalue weighted by molar-refractivity contribution is -0.223. The van der Waals surface area contributed by atoms with Crippen LogP contribution in [0, 0.1) is 23.7 Å². The molecule has 2 saturated heterocycles. The molecule has 10 nitrogen and oxygen atoms in total. The van der Waals surface area contributed by atoms with E-state index in [4.69, 9.17) is 9.68 Å². The van der Waals surface area contributed by atoms with Crippen LogP contribution in [0.4, 0.5) is 0 Å². The summed E-state index contributed by atoms with van der Waals surface area (Å²) in [6, 6.07) is 0. The summed E-state index contributed by atoms with van der Waals surface area (Å²) in [6.07, 6.45) is 14.1. The average Bonchev–Trinajstić information content (AvgIpc) is 3.70. The predicted octanol–water partition coefficient (Wildman–Crippen LogP) is 3.40. The molecular weight excluding hydrogens is 512 g/mol. The number of carbonyl (C=O) groups excluding carboxylic acids is 4. The van der Waals surface area contributed by atoms with Crippen LogP contribution in [0.3, 0.4) is 0 Å². The summed E-state index contributed by atoms with van der Waals surface area (Å²) in [5, 5.41) is 3.12. The molecule has 4 fully saturated rings. The Labute approximate surface area is 239 Å². The summed E-state index contributed by atoms with van der Waals surface area (Å²) in [5.74, 6) is -0.0190. The normalized spacial score (nSPS) is 22.4. The van der Waals surface area contributed by atoms with Crippen molar-refractivity contribution >= 4 is 23.8 Å². The van der Waals surface area contributed by atoms with Gasteiger partial charge in [-0.15, -0.1) is 10.1 Å². The molecule has 4 rings (SSSR count). The van der Waals surface area contributed by atoms with Crippen molar-refractivity contribution in [2.75, 3.05) is 53.4 Å². The number of carbonyl (C=O) groups is 4. The molecule has 0 unspecified atom stereocenters. The van der Waals surface area contributed by atoms with Gasteiger partial charge < -0.3 is 19.5 Å². The Hall–Kier alpha value is -2.20. The monoisotopic (exact) mass is 562 g/mol. The van der Waals surface area contributed by atoms with Gasteiger partial charge in [-0.25, -0.2) is 9.59 Å². The molecule has 2 saturated carbocycles. The number of rotatable bonds is 10. The Balaban J connectivity index is 1.06. The summed E-state index contributed by atoms with van der Waals surface area (Å²) >= 11 is 0. The highest BCUT2D eigenvalue weighted by atomic mass is 16.8. The van der Waals surface area contributed by atoms with Gasteiger partial charge in [0, 0.05) is 65.2 Å². The number of hydrogen-bond donors (Lipinski definition) is 0. The Kier molecular flexibility index (Phi) is 11.6. The summed E-state index contributed by atoms with van der Waals surface area (Å²) < 4.78 is 0. The van der Waals surface area contributed by atoms with E-state index in [1.807, 2.05) is 23.9 Å². The zero-order valence-electron chi connectivity index (χ0n) is 24.7. The molecule has 226 valence electrons. The summed E-state index contributed by atoms with van der Waals surface area (Å²) in [6.45, 7) is 3.83. The first-order valence-corrected chi connectivity index (χ1v) is 15.7. The Morgan fingerprint density at radius 2 is 0.900 bits per heavy atom. The summed E-state index contributed by atoms with van der Waals surface area (Å²) in [4.78, 5) is 64.2. The Morgan fingerprint density at radius 1 is 0.575 bits per heavy atom. The molecule has 0 spiro atoms.